The van der Waals surface area contributed by atoms with Crippen molar-refractivity contribution < 1.29 is 14.3 Å². The summed E-state index contributed by atoms with van der Waals surface area (Å²) in [6.07, 6.45) is 1.53. The van der Waals surface area contributed by atoms with Gasteiger partial charge in [-0.2, -0.15) is 5.10 Å². The number of methoxy groups -OCH3 is 2. The maximum atomic E-state index is 12.0. The number of carbonyl (C=O) groups is 1. The number of rotatable bonds is 5. The van der Waals surface area contributed by atoms with Crippen LogP contribution < -0.4 is 14.9 Å². The lowest BCUT2D eigenvalue weighted by atomic mass is 10.2. The van der Waals surface area contributed by atoms with Crippen LogP contribution in [0.3, 0.4) is 0 Å². The molecule has 0 fully saturated rings. The summed E-state index contributed by atoms with van der Waals surface area (Å²) in [7, 11) is 3.12. The predicted molar refractivity (Wildman–Crippen MR) is 96.4 cm³/mol. The zero-order valence-corrected chi connectivity index (χ0v) is 15.6. The molecule has 0 spiro atoms. The van der Waals surface area contributed by atoms with Crippen LogP contribution in [-0.4, -0.2) is 26.3 Å². The van der Waals surface area contributed by atoms with Crippen molar-refractivity contribution in [2.24, 2.45) is 5.10 Å². The van der Waals surface area contributed by atoms with E-state index in [2.05, 4.69) is 42.4 Å². The lowest BCUT2D eigenvalue weighted by Gasteiger charge is -2.10. The van der Waals surface area contributed by atoms with Gasteiger partial charge in [-0.15, -0.1) is 0 Å². The standard InChI is InChI=1S/C16H14Br2N2O3/c1-22-14-8-10(7-13(18)15(14)23-2)9-19-20-16(21)11-5-3-4-6-12(11)17/h3-9H,1-2H3,(H,20,21)/b19-9-. The molecule has 0 atom stereocenters. The summed E-state index contributed by atoms with van der Waals surface area (Å²) in [5.41, 5.74) is 3.75. The Morgan fingerprint density at radius 1 is 1.13 bits per heavy atom. The van der Waals surface area contributed by atoms with Crippen molar-refractivity contribution in [1.82, 2.24) is 5.43 Å². The van der Waals surface area contributed by atoms with Crippen LogP contribution in [-0.2, 0) is 0 Å². The Bertz CT molecular complexity index is 748. The number of benzene rings is 2. The first kappa shape index (κ1) is 17.5. The number of hydrazone groups is 1. The summed E-state index contributed by atoms with van der Waals surface area (Å²) in [6, 6.07) is 10.7. The second-order valence-corrected chi connectivity index (χ2v) is 6.13. The Hall–Kier alpha value is -1.86. The molecule has 0 heterocycles. The minimum Gasteiger partial charge on any atom is -0.493 e. The Labute approximate surface area is 150 Å². The fourth-order valence-corrected chi connectivity index (χ4v) is 2.97. The van der Waals surface area contributed by atoms with Gasteiger partial charge in [0.2, 0.25) is 0 Å². The molecule has 0 aliphatic heterocycles. The maximum absolute atomic E-state index is 12.0. The summed E-state index contributed by atoms with van der Waals surface area (Å²) < 4.78 is 11.9. The highest BCUT2D eigenvalue weighted by atomic mass is 79.9. The fraction of sp³-hybridized carbons (Fsp3) is 0.125. The van der Waals surface area contributed by atoms with Crippen LogP contribution in [0.4, 0.5) is 0 Å². The molecule has 0 unspecified atom stereocenters. The largest absolute Gasteiger partial charge is 0.493 e. The van der Waals surface area contributed by atoms with Gasteiger partial charge in [-0.05, 0) is 61.7 Å². The molecule has 0 aliphatic carbocycles. The van der Waals surface area contributed by atoms with Gasteiger partial charge >= 0.3 is 0 Å². The van der Waals surface area contributed by atoms with Gasteiger partial charge in [0.05, 0.1) is 30.5 Å². The molecule has 0 saturated heterocycles. The van der Waals surface area contributed by atoms with Gasteiger partial charge in [-0.1, -0.05) is 12.1 Å². The molecule has 2 rings (SSSR count). The molecular weight excluding hydrogens is 428 g/mol. The summed E-state index contributed by atoms with van der Waals surface area (Å²) in [4.78, 5) is 12.0. The Morgan fingerprint density at radius 3 is 2.52 bits per heavy atom. The molecule has 7 heteroatoms. The number of nitrogens with one attached hydrogen (secondary N) is 1. The van der Waals surface area contributed by atoms with Crippen LogP contribution in [0.15, 0.2) is 50.4 Å². The summed E-state index contributed by atoms with van der Waals surface area (Å²) in [5.74, 6) is 0.871. The van der Waals surface area contributed by atoms with Crippen molar-refractivity contribution in [3.8, 4) is 11.5 Å². The monoisotopic (exact) mass is 440 g/mol. The number of ether oxygens (including phenoxy) is 2. The van der Waals surface area contributed by atoms with Crippen LogP contribution in [0.1, 0.15) is 15.9 Å². The molecule has 0 aromatic heterocycles. The molecule has 0 radical (unpaired) electrons. The number of amides is 1. The molecule has 1 amide bonds. The molecule has 1 N–H and O–H groups in total. The van der Waals surface area contributed by atoms with E-state index in [1.165, 1.54) is 6.21 Å². The lowest BCUT2D eigenvalue weighted by molar-refractivity contribution is 0.0954. The van der Waals surface area contributed by atoms with Crippen LogP contribution in [0.2, 0.25) is 0 Å². The van der Waals surface area contributed by atoms with Crippen molar-refractivity contribution in [1.29, 1.82) is 0 Å². The molecule has 5 nitrogen and oxygen atoms in total. The van der Waals surface area contributed by atoms with Gasteiger partial charge < -0.3 is 9.47 Å². The normalized spacial score (nSPS) is 10.6. The smallest absolute Gasteiger partial charge is 0.272 e. The zero-order chi connectivity index (χ0) is 16.8. The Balaban J connectivity index is 2.13. The minimum absolute atomic E-state index is 0.298. The van der Waals surface area contributed by atoms with E-state index in [0.29, 0.717) is 21.5 Å². The number of halogens is 2. The lowest BCUT2D eigenvalue weighted by Crippen LogP contribution is -2.18. The summed E-state index contributed by atoms with van der Waals surface area (Å²) in [6.45, 7) is 0. The average Bonchev–Trinajstić information content (AvgIpc) is 2.54. The van der Waals surface area contributed by atoms with E-state index >= 15 is 0 Å². The van der Waals surface area contributed by atoms with Crippen molar-refractivity contribution in [2.45, 2.75) is 0 Å². The van der Waals surface area contributed by atoms with Gasteiger partial charge in [0.25, 0.3) is 5.91 Å². The van der Waals surface area contributed by atoms with Gasteiger partial charge in [-0.25, -0.2) is 5.43 Å². The molecule has 2 aromatic carbocycles. The minimum atomic E-state index is -0.298. The molecular formula is C16H14Br2N2O3. The van der Waals surface area contributed by atoms with E-state index in [1.807, 2.05) is 12.1 Å². The summed E-state index contributed by atoms with van der Waals surface area (Å²) in [5, 5.41) is 3.97. The van der Waals surface area contributed by atoms with E-state index in [9.17, 15) is 4.79 Å². The van der Waals surface area contributed by atoms with Crippen LogP contribution in [0.5, 0.6) is 11.5 Å². The second-order valence-electron chi connectivity index (χ2n) is 4.42. The number of hydrogen-bond acceptors (Lipinski definition) is 4. The molecule has 0 saturated carbocycles. The first-order valence-electron chi connectivity index (χ1n) is 6.56. The van der Waals surface area contributed by atoms with Crippen LogP contribution >= 0.6 is 31.9 Å². The molecule has 120 valence electrons. The maximum Gasteiger partial charge on any atom is 0.272 e. The third-order valence-corrected chi connectivity index (χ3v) is 4.23. The zero-order valence-electron chi connectivity index (χ0n) is 12.5. The van der Waals surface area contributed by atoms with E-state index in [4.69, 9.17) is 9.47 Å². The first-order valence-corrected chi connectivity index (χ1v) is 8.15. The highest BCUT2D eigenvalue weighted by Gasteiger charge is 2.10. The number of carbonyl (C=O) groups excluding carboxylic acids is 1. The summed E-state index contributed by atoms with van der Waals surface area (Å²) >= 11 is 6.73. The highest BCUT2D eigenvalue weighted by molar-refractivity contribution is 9.10. The predicted octanol–water partition coefficient (Wildman–Crippen LogP) is 3.99. The van der Waals surface area contributed by atoms with E-state index < -0.39 is 0 Å². The Kier molecular flexibility index (Phi) is 6.18. The van der Waals surface area contributed by atoms with Crippen LogP contribution in [0, 0.1) is 0 Å². The van der Waals surface area contributed by atoms with E-state index in [-0.39, 0.29) is 5.91 Å². The van der Waals surface area contributed by atoms with E-state index in [1.54, 1.807) is 38.5 Å². The van der Waals surface area contributed by atoms with Gasteiger partial charge in [0.1, 0.15) is 0 Å². The van der Waals surface area contributed by atoms with Crippen molar-refractivity contribution in [3.05, 3.63) is 56.5 Å². The van der Waals surface area contributed by atoms with E-state index in [0.717, 1.165) is 10.0 Å². The Morgan fingerprint density at radius 2 is 1.87 bits per heavy atom. The van der Waals surface area contributed by atoms with Crippen LogP contribution in [0.25, 0.3) is 0 Å². The second kappa shape index (κ2) is 8.12. The van der Waals surface area contributed by atoms with Crippen molar-refractivity contribution >= 4 is 44.0 Å². The van der Waals surface area contributed by atoms with Gasteiger partial charge in [0.15, 0.2) is 11.5 Å². The SMILES string of the molecule is COc1cc(/C=N\NC(=O)c2ccccc2Br)cc(Br)c1OC. The number of hydrogen-bond donors (Lipinski definition) is 1. The van der Waals surface area contributed by atoms with Gasteiger partial charge in [0, 0.05) is 4.47 Å². The van der Waals surface area contributed by atoms with Crippen molar-refractivity contribution in [3.63, 3.8) is 0 Å². The quantitative estimate of drug-likeness (QED) is 0.563. The average molecular weight is 442 g/mol. The molecule has 0 bridgehead atoms. The first-order chi connectivity index (χ1) is 11.1. The topological polar surface area (TPSA) is 59.9 Å². The third kappa shape index (κ3) is 4.33. The highest BCUT2D eigenvalue weighted by Crippen LogP contribution is 2.35. The van der Waals surface area contributed by atoms with Gasteiger partial charge in [-0.3, -0.25) is 4.79 Å². The number of nitrogens with zero attached hydrogens (tertiary/aromatic N) is 1. The third-order valence-electron chi connectivity index (χ3n) is 2.95. The molecule has 23 heavy (non-hydrogen) atoms. The molecule has 2 aromatic rings. The fourth-order valence-electron chi connectivity index (χ4n) is 1.88. The van der Waals surface area contributed by atoms with Crippen molar-refractivity contribution in [2.75, 3.05) is 14.2 Å². The molecule has 0 aliphatic rings.